The monoisotopic (exact) mass is 608 g/mol. The maximum Gasteiger partial charge on any atom is 0.281 e. The summed E-state index contributed by atoms with van der Waals surface area (Å²) >= 11 is 13.9. The summed E-state index contributed by atoms with van der Waals surface area (Å²) < 4.78 is 5.84. The summed E-state index contributed by atoms with van der Waals surface area (Å²) in [7, 11) is 3.49. The first-order chi connectivity index (χ1) is 19.6. The molecule has 0 saturated carbocycles. The van der Waals surface area contributed by atoms with Crippen molar-refractivity contribution in [2.75, 3.05) is 11.6 Å². The minimum absolute atomic E-state index is 0.161. The van der Waals surface area contributed by atoms with Crippen molar-refractivity contribution < 1.29 is 4.79 Å². The number of hydrogen-bond acceptors (Lipinski definition) is 8. The molecule has 0 saturated heterocycles. The fourth-order valence-corrected chi connectivity index (χ4v) is 5.30. The normalized spacial score (nSPS) is 12.0. The molecule has 5 rings (SSSR count). The zero-order valence-electron chi connectivity index (χ0n) is 22.9. The summed E-state index contributed by atoms with van der Waals surface area (Å²) in [5.74, 6) is 0.0339. The van der Waals surface area contributed by atoms with Crippen LogP contribution in [0.15, 0.2) is 53.6 Å². The smallest absolute Gasteiger partial charge is 0.281 e. The van der Waals surface area contributed by atoms with Crippen LogP contribution in [0.25, 0.3) is 33.7 Å². The molecule has 4 aromatic heterocycles. The summed E-state index contributed by atoms with van der Waals surface area (Å²) in [5.41, 5.74) is 4.40. The van der Waals surface area contributed by atoms with Gasteiger partial charge < -0.3 is 5.32 Å². The third-order valence-electron chi connectivity index (χ3n) is 6.52. The van der Waals surface area contributed by atoms with Gasteiger partial charge in [0.2, 0.25) is 0 Å². The van der Waals surface area contributed by atoms with Gasteiger partial charge in [0.05, 0.1) is 27.7 Å². The van der Waals surface area contributed by atoms with Crippen molar-refractivity contribution >= 4 is 57.6 Å². The molecule has 41 heavy (non-hydrogen) atoms. The fraction of sp³-hybridized carbons (Fsp3) is 0.214. The highest BCUT2D eigenvalue weighted by atomic mass is 35.5. The van der Waals surface area contributed by atoms with Gasteiger partial charge in [0, 0.05) is 43.9 Å². The number of fused-ring (bicyclic) bond motifs is 1. The van der Waals surface area contributed by atoms with E-state index in [1.54, 1.807) is 42.4 Å². The minimum atomic E-state index is -0.378. The molecule has 4 heterocycles. The zero-order valence-corrected chi connectivity index (χ0v) is 25.2. The molecule has 5 aromatic rings. The Morgan fingerprint density at radius 2 is 1.88 bits per heavy atom. The summed E-state index contributed by atoms with van der Waals surface area (Å²) in [5, 5.41) is 8.80. The van der Waals surface area contributed by atoms with Crippen LogP contribution in [0.3, 0.4) is 0 Å². The molecule has 1 atom stereocenters. The fourth-order valence-electron chi connectivity index (χ4n) is 4.61. The largest absolute Gasteiger partial charge is 0.377 e. The van der Waals surface area contributed by atoms with Crippen LogP contribution in [-0.4, -0.2) is 41.5 Å². The van der Waals surface area contributed by atoms with E-state index in [0.717, 1.165) is 11.1 Å². The van der Waals surface area contributed by atoms with Gasteiger partial charge in [0.1, 0.15) is 22.4 Å². The molecule has 1 amide bonds. The first-order valence-corrected chi connectivity index (χ1v) is 14.5. The predicted octanol–water partition coefficient (Wildman–Crippen LogP) is 5.59. The van der Waals surface area contributed by atoms with Gasteiger partial charge in [-0.2, -0.15) is 5.10 Å². The van der Waals surface area contributed by atoms with Crippen molar-refractivity contribution in [1.29, 1.82) is 0 Å². The lowest BCUT2D eigenvalue weighted by Crippen LogP contribution is -2.22. The third-order valence-corrected chi connectivity index (χ3v) is 7.41. The minimum Gasteiger partial charge on any atom is -0.377 e. The Morgan fingerprint density at radius 3 is 2.56 bits per heavy atom. The van der Waals surface area contributed by atoms with Crippen LogP contribution in [0.1, 0.15) is 34.6 Å². The van der Waals surface area contributed by atoms with Crippen LogP contribution >= 0.6 is 35.1 Å². The molecule has 10 nitrogen and oxygen atoms in total. The molecule has 0 aliphatic carbocycles. The standard InChI is InChI=1S/C28H26Cl2N8O2S/c1-14-10-17(15(2)32-20-6-7-22(30)33-25(20)27(39)36-41-5)23-18(11-14)28(40)38(4)26(34-23)16-12-19(29)24(31-13-16)21-8-9-37(3)35-21/h6-13,15,32H,1-5H3,(H,36,39). The lowest BCUT2D eigenvalue weighted by molar-refractivity contribution is 0.0980. The molecule has 210 valence electrons. The number of nitrogens with zero attached hydrogens (tertiary/aromatic N) is 6. The summed E-state index contributed by atoms with van der Waals surface area (Å²) in [6.07, 6.45) is 5.19. The van der Waals surface area contributed by atoms with Crippen molar-refractivity contribution in [2.24, 2.45) is 14.1 Å². The topological polar surface area (TPSA) is 120 Å². The Kier molecular flexibility index (Phi) is 8.03. The van der Waals surface area contributed by atoms with Crippen LogP contribution in [-0.2, 0) is 14.1 Å². The van der Waals surface area contributed by atoms with Crippen LogP contribution in [0.2, 0.25) is 10.2 Å². The first-order valence-electron chi connectivity index (χ1n) is 12.5. The molecular formula is C28H26Cl2N8O2S. The number of rotatable bonds is 7. The lowest BCUT2D eigenvalue weighted by Gasteiger charge is -2.20. The quantitative estimate of drug-likeness (QED) is 0.181. The maximum atomic E-state index is 13.6. The Bertz CT molecular complexity index is 1870. The van der Waals surface area contributed by atoms with E-state index in [4.69, 9.17) is 28.2 Å². The van der Waals surface area contributed by atoms with Gasteiger partial charge in [0.25, 0.3) is 11.5 Å². The van der Waals surface area contributed by atoms with E-state index in [-0.39, 0.29) is 28.4 Å². The van der Waals surface area contributed by atoms with Crippen molar-refractivity contribution in [3.63, 3.8) is 0 Å². The number of hydrogen-bond donors (Lipinski definition) is 2. The molecule has 0 bridgehead atoms. The molecule has 1 unspecified atom stereocenters. The summed E-state index contributed by atoms with van der Waals surface area (Å²) in [4.78, 5) is 39.9. The van der Waals surface area contributed by atoms with E-state index in [9.17, 15) is 9.59 Å². The third kappa shape index (κ3) is 5.65. The second-order valence-electron chi connectivity index (χ2n) is 9.51. The first kappa shape index (κ1) is 28.6. The van der Waals surface area contributed by atoms with E-state index in [0.29, 0.717) is 44.4 Å². The van der Waals surface area contributed by atoms with Crippen LogP contribution in [0.4, 0.5) is 5.69 Å². The Balaban J connectivity index is 1.60. The van der Waals surface area contributed by atoms with Gasteiger partial charge in [-0.05, 0) is 49.7 Å². The second kappa shape index (κ2) is 11.5. The van der Waals surface area contributed by atoms with E-state index in [2.05, 4.69) is 25.1 Å². The molecule has 0 fully saturated rings. The van der Waals surface area contributed by atoms with E-state index in [1.807, 2.05) is 45.3 Å². The molecule has 0 aliphatic heterocycles. The summed E-state index contributed by atoms with van der Waals surface area (Å²) in [6, 6.07) is 10.3. The van der Waals surface area contributed by atoms with Crippen LogP contribution in [0.5, 0.6) is 0 Å². The second-order valence-corrected chi connectivity index (χ2v) is 10.9. The maximum absolute atomic E-state index is 13.6. The van der Waals surface area contributed by atoms with Gasteiger partial charge >= 0.3 is 0 Å². The highest BCUT2D eigenvalue weighted by Crippen LogP contribution is 2.31. The summed E-state index contributed by atoms with van der Waals surface area (Å²) in [6.45, 7) is 3.85. The lowest BCUT2D eigenvalue weighted by atomic mass is 10.0. The van der Waals surface area contributed by atoms with Crippen molar-refractivity contribution in [3.05, 3.63) is 86.1 Å². The number of carbonyl (C=O) groups excluding carboxylic acids is 1. The average molecular weight is 610 g/mol. The highest BCUT2D eigenvalue weighted by Gasteiger charge is 2.21. The average Bonchev–Trinajstić information content (AvgIpc) is 3.37. The number of amides is 1. The van der Waals surface area contributed by atoms with Gasteiger partial charge in [0.15, 0.2) is 5.69 Å². The van der Waals surface area contributed by atoms with Crippen molar-refractivity contribution in [3.8, 4) is 22.8 Å². The number of aromatic nitrogens is 6. The van der Waals surface area contributed by atoms with E-state index >= 15 is 0 Å². The molecule has 0 spiro atoms. The predicted molar refractivity (Wildman–Crippen MR) is 164 cm³/mol. The number of pyridine rings is 2. The van der Waals surface area contributed by atoms with E-state index in [1.165, 1.54) is 16.5 Å². The van der Waals surface area contributed by atoms with Crippen LogP contribution in [0, 0.1) is 6.92 Å². The van der Waals surface area contributed by atoms with Gasteiger partial charge in [-0.3, -0.25) is 28.5 Å². The number of aryl methyl sites for hydroxylation is 2. The SMILES string of the molecule is CSNC(=O)c1nc(Cl)ccc1NC(C)c1cc(C)cc2c(=O)n(C)c(-c3cnc(-c4ccn(C)n4)c(Cl)c3)nc12. The molecule has 13 heteroatoms. The molecular weight excluding hydrogens is 583 g/mol. The van der Waals surface area contributed by atoms with Gasteiger partial charge in [-0.15, -0.1) is 0 Å². The Labute approximate surface area is 250 Å². The molecule has 0 aliphatic rings. The Hall–Kier alpha value is -3.93. The van der Waals surface area contributed by atoms with Crippen molar-refractivity contribution in [2.45, 2.75) is 19.9 Å². The number of benzene rings is 1. The van der Waals surface area contributed by atoms with Crippen LogP contribution < -0.4 is 15.6 Å². The van der Waals surface area contributed by atoms with E-state index < -0.39 is 0 Å². The number of anilines is 1. The highest BCUT2D eigenvalue weighted by molar-refractivity contribution is 7.97. The molecule has 0 radical (unpaired) electrons. The number of nitrogens with one attached hydrogen (secondary N) is 2. The number of carbonyl (C=O) groups is 1. The molecule has 1 aromatic carbocycles. The van der Waals surface area contributed by atoms with Crippen molar-refractivity contribution in [1.82, 2.24) is 34.0 Å². The zero-order chi connectivity index (χ0) is 29.4. The Morgan fingerprint density at radius 1 is 1.10 bits per heavy atom. The molecule has 2 N–H and O–H groups in total. The number of halogens is 2. The van der Waals surface area contributed by atoms with Gasteiger partial charge in [-0.1, -0.05) is 41.2 Å². The van der Waals surface area contributed by atoms with Gasteiger partial charge in [-0.25, -0.2) is 9.97 Å².